The number of esters is 1. The first-order valence-electron chi connectivity index (χ1n) is 4.32. The average Bonchev–Trinajstić information content (AvgIpc) is 2.60. The van der Waals surface area contributed by atoms with Crippen molar-refractivity contribution in [3.63, 3.8) is 0 Å². The third-order valence-corrected chi connectivity index (χ3v) is 2.69. The Labute approximate surface area is 75.2 Å². The molecule has 1 spiro atoms. The first-order valence-corrected chi connectivity index (χ1v) is 4.32. The van der Waals surface area contributed by atoms with Crippen LogP contribution in [-0.4, -0.2) is 22.6 Å². The van der Waals surface area contributed by atoms with Crippen LogP contribution in [0.1, 0.15) is 25.7 Å². The lowest BCUT2D eigenvalue weighted by Gasteiger charge is -2.23. The Kier molecular flexibility index (Phi) is 1.65. The molecule has 2 aliphatic rings. The van der Waals surface area contributed by atoms with E-state index in [9.17, 15) is 9.59 Å². The molecule has 0 atom stereocenters. The lowest BCUT2D eigenvalue weighted by molar-refractivity contribution is -0.147. The van der Waals surface area contributed by atoms with Crippen molar-refractivity contribution >= 4 is 11.9 Å². The number of rotatable bonds is 1. The minimum Gasteiger partial charge on any atom is -0.478 e. The second-order valence-corrected chi connectivity index (χ2v) is 3.49. The highest BCUT2D eigenvalue weighted by atomic mass is 16.6. The molecule has 1 aliphatic carbocycles. The maximum Gasteiger partial charge on any atom is 0.335 e. The number of carbonyl (C=O) groups excluding carboxylic acids is 1. The topological polar surface area (TPSA) is 63.6 Å². The van der Waals surface area contributed by atoms with Crippen molar-refractivity contribution < 1.29 is 19.4 Å². The summed E-state index contributed by atoms with van der Waals surface area (Å²) in [5.41, 5.74) is -0.655. The van der Waals surface area contributed by atoms with Crippen LogP contribution < -0.4 is 0 Å². The van der Waals surface area contributed by atoms with Crippen LogP contribution in [0.2, 0.25) is 0 Å². The number of ether oxygens (including phenoxy) is 1. The van der Waals surface area contributed by atoms with Gasteiger partial charge in [-0.3, -0.25) is 0 Å². The van der Waals surface area contributed by atoms with Crippen LogP contribution in [-0.2, 0) is 14.3 Å². The van der Waals surface area contributed by atoms with Gasteiger partial charge in [0.1, 0.15) is 5.60 Å². The highest BCUT2D eigenvalue weighted by Crippen LogP contribution is 2.42. The van der Waals surface area contributed by atoms with Gasteiger partial charge in [0.25, 0.3) is 0 Å². The van der Waals surface area contributed by atoms with E-state index in [1.54, 1.807) is 0 Å². The van der Waals surface area contributed by atoms with Gasteiger partial charge in [-0.25, -0.2) is 9.59 Å². The fourth-order valence-corrected chi connectivity index (χ4v) is 2.10. The van der Waals surface area contributed by atoms with E-state index in [1.807, 2.05) is 0 Å². The SMILES string of the molecule is O=C1C=C(C(=O)O)C2(CCCC2)O1. The number of carboxylic acid groups (broad SMARTS) is 1. The Hall–Kier alpha value is -1.32. The number of carboxylic acids is 1. The van der Waals surface area contributed by atoms with Crippen LogP contribution in [0.15, 0.2) is 11.6 Å². The lowest BCUT2D eigenvalue weighted by Crippen LogP contribution is -2.31. The van der Waals surface area contributed by atoms with Gasteiger partial charge in [-0.15, -0.1) is 0 Å². The van der Waals surface area contributed by atoms with E-state index in [1.165, 1.54) is 0 Å². The Bertz CT molecular complexity index is 297. The largest absolute Gasteiger partial charge is 0.478 e. The molecule has 0 amide bonds. The molecule has 1 heterocycles. The van der Waals surface area contributed by atoms with Crippen molar-refractivity contribution in [3.05, 3.63) is 11.6 Å². The summed E-state index contributed by atoms with van der Waals surface area (Å²) in [6, 6.07) is 0. The summed E-state index contributed by atoms with van der Waals surface area (Å²) in [6.07, 6.45) is 4.26. The molecule has 1 saturated carbocycles. The number of carbonyl (C=O) groups is 2. The first kappa shape index (κ1) is 8.29. The average molecular weight is 182 g/mol. The fourth-order valence-electron chi connectivity index (χ4n) is 2.10. The maximum atomic E-state index is 11.0. The summed E-state index contributed by atoms with van der Waals surface area (Å²) in [7, 11) is 0. The third kappa shape index (κ3) is 1.13. The Balaban J connectivity index is 2.35. The van der Waals surface area contributed by atoms with Gasteiger partial charge in [0, 0.05) is 6.08 Å². The highest BCUT2D eigenvalue weighted by molar-refractivity contribution is 6.00. The summed E-state index contributed by atoms with van der Waals surface area (Å²) in [6.45, 7) is 0. The van der Waals surface area contributed by atoms with Gasteiger partial charge >= 0.3 is 11.9 Å². The smallest absolute Gasteiger partial charge is 0.335 e. The Morgan fingerprint density at radius 2 is 2.08 bits per heavy atom. The van der Waals surface area contributed by atoms with Crippen molar-refractivity contribution in [1.82, 2.24) is 0 Å². The number of aliphatic carboxylic acids is 1. The van der Waals surface area contributed by atoms with E-state index in [2.05, 4.69) is 0 Å². The molecule has 0 aromatic carbocycles. The zero-order valence-corrected chi connectivity index (χ0v) is 7.08. The van der Waals surface area contributed by atoms with E-state index in [-0.39, 0.29) is 5.57 Å². The molecule has 0 bridgehead atoms. The second-order valence-electron chi connectivity index (χ2n) is 3.49. The zero-order valence-electron chi connectivity index (χ0n) is 7.08. The monoisotopic (exact) mass is 182 g/mol. The van der Waals surface area contributed by atoms with Gasteiger partial charge in [0.2, 0.25) is 0 Å². The van der Waals surface area contributed by atoms with E-state index in [0.29, 0.717) is 12.8 Å². The second kappa shape index (κ2) is 2.58. The van der Waals surface area contributed by atoms with Crippen molar-refractivity contribution in [3.8, 4) is 0 Å². The summed E-state index contributed by atoms with van der Waals surface area (Å²) in [5, 5.41) is 8.86. The summed E-state index contributed by atoms with van der Waals surface area (Å²) in [4.78, 5) is 21.8. The molecule has 1 aliphatic heterocycles. The molecule has 0 saturated heterocycles. The number of hydrogen-bond donors (Lipinski definition) is 1. The predicted octanol–water partition coefficient (Wildman–Crippen LogP) is 0.867. The first-order chi connectivity index (χ1) is 6.14. The van der Waals surface area contributed by atoms with Crippen LogP contribution in [0.4, 0.5) is 0 Å². The molecular weight excluding hydrogens is 172 g/mol. The molecule has 0 radical (unpaired) electrons. The Morgan fingerprint density at radius 3 is 2.62 bits per heavy atom. The molecule has 70 valence electrons. The quantitative estimate of drug-likeness (QED) is 0.611. The highest BCUT2D eigenvalue weighted by Gasteiger charge is 2.48. The zero-order chi connectivity index (χ0) is 9.47. The number of hydrogen-bond acceptors (Lipinski definition) is 3. The van der Waals surface area contributed by atoms with Crippen LogP contribution in [0.25, 0.3) is 0 Å². The molecule has 0 unspecified atom stereocenters. The van der Waals surface area contributed by atoms with E-state index in [4.69, 9.17) is 9.84 Å². The minimum absolute atomic E-state index is 0.134. The molecule has 1 N–H and O–H groups in total. The van der Waals surface area contributed by atoms with E-state index in [0.717, 1.165) is 18.9 Å². The van der Waals surface area contributed by atoms with Crippen molar-refractivity contribution in [1.29, 1.82) is 0 Å². The van der Waals surface area contributed by atoms with Gasteiger partial charge in [0.15, 0.2) is 0 Å². The summed E-state index contributed by atoms with van der Waals surface area (Å²) < 4.78 is 5.07. The van der Waals surface area contributed by atoms with Crippen LogP contribution in [0, 0.1) is 0 Å². The fraction of sp³-hybridized carbons (Fsp3) is 0.556. The summed E-state index contributed by atoms with van der Waals surface area (Å²) in [5.74, 6) is -1.55. The normalized spacial score (nSPS) is 24.6. The minimum atomic E-state index is -1.03. The predicted molar refractivity (Wildman–Crippen MR) is 43.0 cm³/mol. The van der Waals surface area contributed by atoms with Gasteiger partial charge < -0.3 is 9.84 Å². The van der Waals surface area contributed by atoms with Gasteiger partial charge in [0.05, 0.1) is 5.57 Å². The van der Waals surface area contributed by atoms with Crippen molar-refractivity contribution in [2.75, 3.05) is 0 Å². The van der Waals surface area contributed by atoms with Crippen LogP contribution in [0.3, 0.4) is 0 Å². The molecule has 4 nitrogen and oxygen atoms in total. The lowest BCUT2D eigenvalue weighted by atomic mass is 9.93. The van der Waals surface area contributed by atoms with Gasteiger partial charge in [-0.2, -0.15) is 0 Å². The molecular formula is C9H10O4. The molecule has 13 heavy (non-hydrogen) atoms. The molecule has 2 rings (SSSR count). The molecule has 0 aromatic rings. The molecule has 0 aromatic heterocycles. The standard InChI is InChI=1S/C9H10O4/c10-7-5-6(8(11)12)9(13-7)3-1-2-4-9/h5H,1-4H2,(H,11,12). The van der Waals surface area contributed by atoms with Crippen molar-refractivity contribution in [2.24, 2.45) is 0 Å². The summed E-state index contributed by atoms with van der Waals surface area (Å²) >= 11 is 0. The van der Waals surface area contributed by atoms with Crippen LogP contribution >= 0.6 is 0 Å². The van der Waals surface area contributed by atoms with Crippen LogP contribution in [0.5, 0.6) is 0 Å². The molecule has 4 heteroatoms. The van der Waals surface area contributed by atoms with Gasteiger partial charge in [-0.1, -0.05) is 0 Å². The van der Waals surface area contributed by atoms with E-state index >= 15 is 0 Å². The maximum absolute atomic E-state index is 11.0. The molecule has 1 fully saturated rings. The van der Waals surface area contributed by atoms with Crippen molar-refractivity contribution in [2.45, 2.75) is 31.3 Å². The van der Waals surface area contributed by atoms with Gasteiger partial charge in [-0.05, 0) is 25.7 Å². The van der Waals surface area contributed by atoms with E-state index < -0.39 is 17.5 Å². The third-order valence-electron chi connectivity index (χ3n) is 2.69. The Morgan fingerprint density at radius 1 is 1.46 bits per heavy atom.